The first-order valence-corrected chi connectivity index (χ1v) is 9.85. The summed E-state index contributed by atoms with van der Waals surface area (Å²) in [5, 5.41) is 2.53. The van der Waals surface area contributed by atoms with E-state index in [1.54, 1.807) is 18.2 Å². The van der Waals surface area contributed by atoms with E-state index >= 15 is 0 Å². The predicted molar refractivity (Wildman–Crippen MR) is 109 cm³/mol. The number of amides is 4. The van der Waals surface area contributed by atoms with Gasteiger partial charge in [-0.3, -0.25) is 19.8 Å². The molecule has 1 heterocycles. The van der Waals surface area contributed by atoms with Crippen LogP contribution in [-0.4, -0.2) is 42.5 Å². The topological polar surface area (TPSA) is 84.9 Å². The summed E-state index contributed by atoms with van der Waals surface area (Å²) in [4.78, 5) is 38.8. The first-order chi connectivity index (χ1) is 14.0. The SMILES string of the molecule is C=CCOc1c(Cl)cc(/C=C2\C(=O)NC(=O)N(C3CCCCC3)C2=O)cc1OC. The summed E-state index contributed by atoms with van der Waals surface area (Å²) in [6.07, 6.45) is 7.46. The highest BCUT2D eigenvalue weighted by Gasteiger charge is 2.40. The Bertz CT molecular complexity index is 874. The maximum Gasteiger partial charge on any atom is 0.331 e. The van der Waals surface area contributed by atoms with Gasteiger partial charge in [0, 0.05) is 6.04 Å². The molecule has 2 aliphatic rings. The van der Waals surface area contributed by atoms with Crippen molar-refractivity contribution in [2.24, 2.45) is 0 Å². The fraction of sp³-hybridized carbons (Fsp3) is 0.381. The normalized spacial score (nSPS) is 19.3. The van der Waals surface area contributed by atoms with E-state index in [0.29, 0.717) is 17.1 Å². The molecule has 29 heavy (non-hydrogen) atoms. The summed E-state index contributed by atoms with van der Waals surface area (Å²) in [7, 11) is 1.46. The van der Waals surface area contributed by atoms with E-state index in [2.05, 4.69) is 11.9 Å². The summed E-state index contributed by atoms with van der Waals surface area (Å²) >= 11 is 6.29. The second-order valence-corrected chi connectivity index (χ2v) is 7.33. The van der Waals surface area contributed by atoms with Crippen molar-refractivity contribution in [2.45, 2.75) is 38.1 Å². The second-order valence-electron chi connectivity index (χ2n) is 6.92. The number of halogens is 1. The molecule has 1 aromatic carbocycles. The van der Waals surface area contributed by atoms with Crippen LogP contribution in [0.2, 0.25) is 5.02 Å². The number of nitrogens with one attached hydrogen (secondary N) is 1. The molecule has 8 heteroatoms. The number of ether oxygens (including phenoxy) is 2. The van der Waals surface area contributed by atoms with Crippen molar-refractivity contribution in [2.75, 3.05) is 13.7 Å². The summed E-state index contributed by atoms with van der Waals surface area (Å²) < 4.78 is 10.8. The molecule has 1 saturated carbocycles. The Morgan fingerprint density at radius 3 is 2.62 bits per heavy atom. The highest BCUT2D eigenvalue weighted by molar-refractivity contribution is 6.33. The number of nitrogens with zero attached hydrogens (tertiary/aromatic N) is 1. The number of hydrogen-bond acceptors (Lipinski definition) is 5. The fourth-order valence-electron chi connectivity index (χ4n) is 3.61. The molecule has 3 rings (SSSR count). The number of carbonyl (C=O) groups excluding carboxylic acids is 3. The van der Waals surface area contributed by atoms with Gasteiger partial charge in [-0.2, -0.15) is 0 Å². The Kier molecular flexibility index (Phi) is 6.59. The molecular weight excluding hydrogens is 396 g/mol. The van der Waals surface area contributed by atoms with Crippen LogP contribution in [0, 0.1) is 0 Å². The fourth-order valence-corrected chi connectivity index (χ4v) is 3.89. The van der Waals surface area contributed by atoms with Crippen LogP contribution in [0.15, 0.2) is 30.4 Å². The third-order valence-electron chi connectivity index (χ3n) is 4.98. The maximum atomic E-state index is 13.0. The molecule has 1 aliphatic carbocycles. The van der Waals surface area contributed by atoms with Gasteiger partial charge < -0.3 is 9.47 Å². The third kappa shape index (κ3) is 4.45. The van der Waals surface area contributed by atoms with Crippen LogP contribution in [0.3, 0.4) is 0 Å². The number of carbonyl (C=O) groups is 3. The van der Waals surface area contributed by atoms with Crippen LogP contribution in [0.1, 0.15) is 37.7 Å². The first kappa shape index (κ1) is 20.9. The van der Waals surface area contributed by atoms with E-state index in [-0.39, 0.29) is 23.2 Å². The third-order valence-corrected chi connectivity index (χ3v) is 5.26. The second kappa shape index (κ2) is 9.13. The largest absolute Gasteiger partial charge is 0.493 e. The van der Waals surface area contributed by atoms with E-state index in [0.717, 1.165) is 32.1 Å². The van der Waals surface area contributed by atoms with Crippen LogP contribution in [0.4, 0.5) is 4.79 Å². The summed E-state index contributed by atoms with van der Waals surface area (Å²) in [6, 6.07) is 2.32. The highest BCUT2D eigenvalue weighted by atomic mass is 35.5. The highest BCUT2D eigenvalue weighted by Crippen LogP contribution is 2.37. The molecule has 2 fully saturated rings. The van der Waals surface area contributed by atoms with Crippen molar-refractivity contribution in [3.8, 4) is 11.5 Å². The quantitative estimate of drug-likeness (QED) is 0.432. The molecule has 1 aliphatic heterocycles. The molecular formula is C21H23ClN2O5. The Hall–Kier alpha value is -2.80. The number of hydrogen-bond donors (Lipinski definition) is 1. The van der Waals surface area contributed by atoms with Crippen molar-refractivity contribution in [3.05, 3.63) is 40.9 Å². The zero-order valence-electron chi connectivity index (χ0n) is 16.2. The molecule has 0 atom stereocenters. The predicted octanol–water partition coefficient (Wildman–Crippen LogP) is 3.71. The van der Waals surface area contributed by atoms with Crippen molar-refractivity contribution in [1.29, 1.82) is 0 Å². The molecule has 1 N–H and O–H groups in total. The van der Waals surface area contributed by atoms with Gasteiger partial charge in [0.25, 0.3) is 11.8 Å². The molecule has 1 saturated heterocycles. The average molecular weight is 419 g/mol. The molecule has 0 unspecified atom stereocenters. The summed E-state index contributed by atoms with van der Waals surface area (Å²) in [5.74, 6) is -0.619. The van der Waals surface area contributed by atoms with Crippen molar-refractivity contribution in [1.82, 2.24) is 10.2 Å². The van der Waals surface area contributed by atoms with Gasteiger partial charge >= 0.3 is 6.03 Å². The summed E-state index contributed by atoms with van der Waals surface area (Å²) in [6.45, 7) is 3.84. The standard InChI is InChI=1S/C21H23ClN2O5/c1-3-9-29-18-16(22)11-13(12-17(18)28-2)10-15-19(25)23-21(27)24(20(15)26)14-7-5-4-6-8-14/h3,10-12,14H,1,4-9H2,2H3,(H,23,25,27)/b15-10+. The van der Waals surface area contributed by atoms with E-state index in [1.165, 1.54) is 18.1 Å². The molecule has 0 aromatic heterocycles. The number of urea groups is 1. The Morgan fingerprint density at radius 2 is 1.97 bits per heavy atom. The molecule has 1 aromatic rings. The van der Waals surface area contributed by atoms with Crippen LogP contribution in [0.25, 0.3) is 6.08 Å². The molecule has 0 bridgehead atoms. The number of methoxy groups -OCH3 is 1. The molecule has 0 radical (unpaired) electrons. The minimum Gasteiger partial charge on any atom is -0.493 e. The van der Waals surface area contributed by atoms with E-state index in [1.807, 2.05) is 0 Å². The number of benzene rings is 1. The first-order valence-electron chi connectivity index (χ1n) is 9.48. The zero-order chi connectivity index (χ0) is 21.0. The van der Waals surface area contributed by atoms with E-state index in [9.17, 15) is 14.4 Å². The zero-order valence-corrected chi connectivity index (χ0v) is 17.0. The lowest BCUT2D eigenvalue weighted by molar-refractivity contribution is -0.132. The van der Waals surface area contributed by atoms with Crippen LogP contribution >= 0.6 is 11.6 Å². The van der Waals surface area contributed by atoms with Crippen LogP contribution in [-0.2, 0) is 9.59 Å². The van der Waals surface area contributed by atoms with Gasteiger partial charge in [0.15, 0.2) is 11.5 Å². The van der Waals surface area contributed by atoms with Crippen molar-refractivity contribution < 1.29 is 23.9 Å². The number of barbiturate groups is 1. The van der Waals surface area contributed by atoms with Crippen LogP contribution < -0.4 is 14.8 Å². The van der Waals surface area contributed by atoms with Gasteiger partial charge in [0.05, 0.1) is 12.1 Å². The van der Waals surface area contributed by atoms with Gasteiger partial charge in [-0.15, -0.1) is 0 Å². The monoisotopic (exact) mass is 418 g/mol. The van der Waals surface area contributed by atoms with Crippen molar-refractivity contribution >= 4 is 35.5 Å². The van der Waals surface area contributed by atoms with Gasteiger partial charge in [-0.25, -0.2) is 4.79 Å². The summed E-state index contributed by atoms with van der Waals surface area (Å²) in [5.41, 5.74) is 0.363. The molecule has 154 valence electrons. The molecule has 4 amide bonds. The lowest BCUT2D eigenvalue weighted by Crippen LogP contribution is -2.58. The average Bonchev–Trinajstić information content (AvgIpc) is 2.70. The Morgan fingerprint density at radius 1 is 1.24 bits per heavy atom. The van der Waals surface area contributed by atoms with Crippen LogP contribution in [0.5, 0.6) is 11.5 Å². The maximum absolute atomic E-state index is 13.0. The number of imide groups is 2. The lowest BCUT2D eigenvalue weighted by atomic mass is 9.93. The van der Waals surface area contributed by atoms with E-state index < -0.39 is 17.8 Å². The Balaban J connectivity index is 1.94. The molecule has 0 spiro atoms. The van der Waals surface area contributed by atoms with Gasteiger partial charge in [0.1, 0.15) is 12.2 Å². The number of rotatable bonds is 6. The van der Waals surface area contributed by atoms with Gasteiger partial charge in [0.2, 0.25) is 0 Å². The smallest absolute Gasteiger partial charge is 0.331 e. The lowest BCUT2D eigenvalue weighted by Gasteiger charge is -2.35. The van der Waals surface area contributed by atoms with Crippen molar-refractivity contribution in [3.63, 3.8) is 0 Å². The Labute approximate surface area is 174 Å². The van der Waals surface area contributed by atoms with E-state index in [4.69, 9.17) is 21.1 Å². The van der Waals surface area contributed by atoms with Gasteiger partial charge in [-0.05, 0) is 36.6 Å². The minimum absolute atomic E-state index is 0.118. The minimum atomic E-state index is -0.728. The molecule has 7 nitrogen and oxygen atoms in total. The van der Waals surface area contributed by atoms with Gasteiger partial charge in [-0.1, -0.05) is 43.5 Å².